The molecular formula is C14H13NO2. The van der Waals surface area contributed by atoms with Gasteiger partial charge in [-0.25, -0.2) is 0 Å². The number of aromatic nitrogens is 1. The van der Waals surface area contributed by atoms with Gasteiger partial charge in [0.15, 0.2) is 5.78 Å². The van der Waals surface area contributed by atoms with Crippen molar-refractivity contribution in [1.82, 2.24) is 4.98 Å². The minimum absolute atomic E-state index is 0.0706. The van der Waals surface area contributed by atoms with Crippen molar-refractivity contribution in [3.8, 4) is 0 Å². The summed E-state index contributed by atoms with van der Waals surface area (Å²) in [5, 5.41) is 0. The number of hydrogen-bond donors (Lipinski definition) is 1. The molecule has 2 aromatic rings. The van der Waals surface area contributed by atoms with E-state index in [0.29, 0.717) is 16.8 Å². The Kier molecular flexibility index (Phi) is 2.91. The van der Waals surface area contributed by atoms with Gasteiger partial charge < -0.3 is 4.98 Å². The second kappa shape index (κ2) is 4.37. The van der Waals surface area contributed by atoms with Crippen molar-refractivity contribution in [2.75, 3.05) is 0 Å². The van der Waals surface area contributed by atoms with Gasteiger partial charge in [-0.3, -0.25) is 9.59 Å². The van der Waals surface area contributed by atoms with Gasteiger partial charge in [0.1, 0.15) is 0 Å². The number of rotatable bonds is 2. The SMILES string of the molecule is Cc1ccc(C(=O)c2ccc(=O)[nH]c2C)cc1. The molecule has 1 heterocycles. The highest BCUT2D eigenvalue weighted by Gasteiger charge is 2.11. The Balaban J connectivity index is 2.43. The number of pyridine rings is 1. The Bertz CT molecular complexity index is 609. The number of aromatic amines is 1. The first kappa shape index (κ1) is 11.3. The van der Waals surface area contributed by atoms with E-state index in [-0.39, 0.29) is 11.3 Å². The van der Waals surface area contributed by atoms with Crippen molar-refractivity contribution in [2.45, 2.75) is 13.8 Å². The summed E-state index contributed by atoms with van der Waals surface area (Å²) >= 11 is 0. The predicted octanol–water partition coefficient (Wildman–Crippen LogP) is 2.22. The molecule has 0 aliphatic heterocycles. The molecule has 0 radical (unpaired) electrons. The molecule has 1 aromatic carbocycles. The molecule has 0 atom stereocenters. The van der Waals surface area contributed by atoms with E-state index in [1.54, 1.807) is 25.1 Å². The molecule has 3 heteroatoms. The molecule has 0 saturated carbocycles. The number of carbonyl (C=O) groups is 1. The topological polar surface area (TPSA) is 49.9 Å². The number of carbonyl (C=O) groups excluding carboxylic acids is 1. The van der Waals surface area contributed by atoms with E-state index < -0.39 is 0 Å². The van der Waals surface area contributed by atoms with Crippen LogP contribution in [0, 0.1) is 13.8 Å². The minimum Gasteiger partial charge on any atom is -0.326 e. The molecule has 0 bridgehead atoms. The first-order chi connectivity index (χ1) is 8.08. The van der Waals surface area contributed by atoms with Gasteiger partial charge in [-0.15, -0.1) is 0 Å². The van der Waals surface area contributed by atoms with Crippen LogP contribution in [-0.4, -0.2) is 10.8 Å². The number of ketones is 1. The van der Waals surface area contributed by atoms with Crippen LogP contribution in [0.4, 0.5) is 0 Å². The van der Waals surface area contributed by atoms with E-state index in [0.717, 1.165) is 5.56 Å². The first-order valence-electron chi connectivity index (χ1n) is 5.39. The fraction of sp³-hybridized carbons (Fsp3) is 0.143. The largest absolute Gasteiger partial charge is 0.326 e. The third-order valence-corrected chi connectivity index (χ3v) is 2.67. The van der Waals surface area contributed by atoms with E-state index in [4.69, 9.17) is 0 Å². The van der Waals surface area contributed by atoms with Crippen molar-refractivity contribution < 1.29 is 4.79 Å². The monoisotopic (exact) mass is 227 g/mol. The Hall–Kier alpha value is -2.16. The zero-order valence-corrected chi connectivity index (χ0v) is 9.78. The molecule has 2 rings (SSSR count). The second-order valence-electron chi connectivity index (χ2n) is 4.06. The van der Waals surface area contributed by atoms with Crippen LogP contribution in [0.3, 0.4) is 0 Å². The lowest BCUT2D eigenvalue weighted by molar-refractivity contribution is 0.103. The molecule has 0 aliphatic carbocycles. The number of H-pyrrole nitrogens is 1. The normalized spacial score (nSPS) is 10.2. The summed E-state index contributed by atoms with van der Waals surface area (Å²) in [4.78, 5) is 25.9. The number of nitrogens with one attached hydrogen (secondary N) is 1. The number of aryl methyl sites for hydroxylation is 2. The lowest BCUT2D eigenvalue weighted by Crippen LogP contribution is -2.12. The predicted molar refractivity (Wildman–Crippen MR) is 66.4 cm³/mol. The fourth-order valence-electron chi connectivity index (χ4n) is 1.68. The van der Waals surface area contributed by atoms with Crippen LogP contribution in [0.15, 0.2) is 41.2 Å². The summed E-state index contributed by atoms with van der Waals surface area (Å²) in [7, 11) is 0. The van der Waals surface area contributed by atoms with Gasteiger partial charge in [0.2, 0.25) is 5.56 Å². The standard InChI is InChI=1S/C14H13NO2/c1-9-3-5-11(6-4-9)14(17)12-7-8-13(16)15-10(12)2/h3-8H,1-2H3,(H,15,16). The average molecular weight is 227 g/mol. The fourth-order valence-corrected chi connectivity index (χ4v) is 1.68. The van der Waals surface area contributed by atoms with Gasteiger partial charge >= 0.3 is 0 Å². The highest BCUT2D eigenvalue weighted by molar-refractivity contribution is 6.09. The molecule has 1 N–H and O–H groups in total. The summed E-state index contributed by atoms with van der Waals surface area (Å²) < 4.78 is 0. The molecule has 3 nitrogen and oxygen atoms in total. The number of benzene rings is 1. The summed E-state index contributed by atoms with van der Waals surface area (Å²) in [5.41, 5.74) is 2.69. The van der Waals surface area contributed by atoms with Crippen LogP contribution in [0.1, 0.15) is 27.2 Å². The Morgan fingerprint density at radius 1 is 1.00 bits per heavy atom. The summed E-state index contributed by atoms with van der Waals surface area (Å²) in [5.74, 6) is -0.0706. The lowest BCUT2D eigenvalue weighted by Gasteiger charge is -2.04. The Morgan fingerprint density at radius 2 is 1.65 bits per heavy atom. The average Bonchev–Trinajstić information content (AvgIpc) is 2.29. The number of hydrogen-bond acceptors (Lipinski definition) is 2. The van der Waals surface area contributed by atoms with Crippen LogP contribution in [-0.2, 0) is 0 Å². The molecule has 0 aliphatic rings. The molecule has 0 saturated heterocycles. The van der Waals surface area contributed by atoms with Crippen LogP contribution >= 0.6 is 0 Å². The van der Waals surface area contributed by atoms with Crippen molar-refractivity contribution in [2.24, 2.45) is 0 Å². The van der Waals surface area contributed by atoms with Gasteiger partial charge in [-0.1, -0.05) is 29.8 Å². The molecule has 17 heavy (non-hydrogen) atoms. The van der Waals surface area contributed by atoms with Gasteiger partial charge in [-0.2, -0.15) is 0 Å². The van der Waals surface area contributed by atoms with Crippen molar-refractivity contribution in [3.05, 3.63) is 69.1 Å². The maximum Gasteiger partial charge on any atom is 0.248 e. The lowest BCUT2D eigenvalue weighted by atomic mass is 10.0. The van der Waals surface area contributed by atoms with Crippen molar-refractivity contribution in [3.63, 3.8) is 0 Å². The second-order valence-corrected chi connectivity index (χ2v) is 4.06. The van der Waals surface area contributed by atoms with Gasteiger partial charge in [0.25, 0.3) is 0 Å². The molecule has 0 spiro atoms. The minimum atomic E-state index is -0.192. The molecule has 1 aromatic heterocycles. The van der Waals surface area contributed by atoms with E-state index in [2.05, 4.69) is 4.98 Å². The molecule has 0 amide bonds. The van der Waals surface area contributed by atoms with E-state index in [1.165, 1.54) is 6.07 Å². The van der Waals surface area contributed by atoms with Crippen LogP contribution in [0.25, 0.3) is 0 Å². The maximum atomic E-state index is 12.2. The highest BCUT2D eigenvalue weighted by Crippen LogP contribution is 2.11. The summed E-state index contributed by atoms with van der Waals surface area (Å²) in [6.07, 6.45) is 0. The van der Waals surface area contributed by atoms with E-state index in [1.807, 2.05) is 19.1 Å². The quantitative estimate of drug-likeness (QED) is 0.800. The zero-order chi connectivity index (χ0) is 12.4. The molecule has 86 valence electrons. The molecular weight excluding hydrogens is 214 g/mol. The van der Waals surface area contributed by atoms with E-state index in [9.17, 15) is 9.59 Å². The molecule has 0 fully saturated rings. The first-order valence-corrected chi connectivity index (χ1v) is 5.39. The maximum absolute atomic E-state index is 12.2. The Labute approximate surface area is 99.1 Å². The molecule has 0 unspecified atom stereocenters. The van der Waals surface area contributed by atoms with Crippen LogP contribution in [0.5, 0.6) is 0 Å². The zero-order valence-electron chi connectivity index (χ0n) is 9.78. The highest BCUT2D eigenvalue weighted by atomic mass is 16.1. The van der Waals surface area contributed by atoms with Crippen LogP contribution < -0.4 is 5.56 Å². The van der Waals surface area contributed by atoms with Crippen molar-refractivity contribution in [1.29, 1.82) is 0 Å². The third-order valence-electron chi connectivity index (χ3n) is 2.67. The third kappa shape index (κ3) is 2.33. The van der Waals surface area contributed by atoms with Crippen LogP contribution in [0.2, 0.25) is 0 Å². The Morgan fingerprint density at radius 3 is 2.24 bits per heavy atom. The van der Waals surface area contributed by atoms with E-state index >= 15 is 0 Å². The van der Waals surface area contributed by atoms with Gasteiger partial charge in [-0.05, 0) is 19.9 Å². The summed E-state index contributed by atoms with van der Waals surface area (Å²) in [6, 6.07) is 10.3. The van der Waals surface area contributed by atoms with Crippen molar-refractivity contribution >= 4 is 5.78 Å². The van der Waals surface area contributed by atoms with Gasteiger partial charge in [0, 0.05) is 22.9 Å². The summed E-state index contributed by atoms with van der Waals surface area (Å²) in [6.45, 7) is 3.70. The van der Waals surface area contributed by atoms with Gasteiger partial charge in [0.05, 0.1) is 0 Å². The smallest absolute Gasteiger partial charge is 0.248 e.